The van der Waals surface area contributed by atoms with E-state index in [2.05, 4.69) is 5.32 Å². The summed E-state index contributed by atoms with van der Waals surface area (Å²) in [4.78, 5) is 25.9. The maximum atomic E-state index is 12.5. The number of nitrogens with one attached hydrogen (secondary N) is 1. The summed E-state index contributed by atoms with van der Waals surface area (Å²) >= 11 is 0. The number of hydrogen-bond donors (Lipinski definition) is 2. The molecule has 3 fully saturated rings. The number of hydrogen-bond acceptors (Lipinski definition) is 3. The topological polar surface area (TPSA) is 75.4 Å². The molecular formula is C14H23N3O2. The van der Waals surface area contributed by atoms with E-state index in [9.17, 15) is 9.59 Å². The number of carbonyl (C=O) groups is 2. The van der Waals surface area contributed by atoms with Crippen molar-refractivity contribution in [1.82, 2.24) is 10.2 Å². The molecule has 3 rings (SSSR count). The SMILES string of the molecule is CC1(C(N)=O)CCN(C(=O)C2CC23CCNCC3)C1. The third-order valence-electron chi connectivity index (χ3n) is 5.47. The molecule has 2 aliphatic heterocycles. The average molecular weight is 265 g/mol. The Kier molecular flexibility index (Phi) is 2.85. The first-order valence-electron chi connectivity index (χ1n) is 7.26. The number of nitrogens with two attached hydrogens (primary N) is 1. The number of rotatable bonds is 2. The van der Waals surface area contributed by atoms with Crippen molar-refractivity contribution < 1.29 is 9.59 Å². The molecule has 1 aliphatic carbocycles. The van der Waals surface area contributed by atoms with Crippen LogP contribution < -0.4 is 11.1 Å². The fourth-order valence-corrected chi connectivity index (χ4v) is 3.74. The fourth-order valence-electron chi connectivity index (χ4n) is 3.74. The normalized spacial score (nSPS) is 36.5. The van der Waals surface area contributed by atoms with Gasteiger partial charge < -0.3 is 16.0 Å². The van der Waals surface area contributed by atoms with E-state index in [0.717, 1.165) is 32.4 Å². The summed E-state index contributed by atoms with van der Waals surface area (Å²) in [6.07, 6.45) is 3.97. The van der Waals surface area contributed by atoms with E-state index in [4.69, 9.17) is 5.73 Å². The number of primary amides is 1. The molecule has 0 aromatic heterocycles. The molecule has 1 spiro atoms. The van der Waals surface area contributed by atoms with Gasteiger partial charge in [-0.25, -0.2) is 0 Å². The van der Waals surface area contributed by atoms with Gasteiger partial charge in [0.2, 0.25) is 11.8 Å². The van der Waals surface area contributed by atoms with Crippen molar-refractivity contribution in [3.05, 3.63) is 0 Å². The van der Waals surface area contributed by atoms with Crippen LogP contribution >= 0.6 is 0 Å². The van der Waals surface area contributed by atoms with Crippen molar-refractivity contribution in [2.45, 2.75) is 32.6 Å². The first-order chi connectivity index (χ1) is 8.97. The molecule has 3 N–H and O–H groups in total. The molecule has 3 aliphatic rings. The molecule has 0 aromatic rings. The Bertz CT molecular complexity index is 417. The van der Waals surface area contributed by atoms with Gasteiger partial charge in [-0.05, 0) is 51.1 Å². The second-order valence-corrected chi connectivity index (χ2v) is 6.80. The standard InChI is InChI=1S/C14H23N3O2/c1-13(12(15)19)4-7-17(9-13)11(18)10-8-14(10)2-5-16-6-3-14/h10,16H,2-9H2,1H3,(H2,15,19). The fraction of sp³-hybridized carbons (Fsp3) is 0.857. The number of carbonyl (C=O) groups excluding carboxylic acids is 2. The second-order valence-electron chi connectivity index (χ2n) is 6.80. The Balaban J connectivity index is 1.63. The van der Waals surface area contributed by atoms with Gasteiger partial charge in [0.05, 0.1) is 5.41 Å². The minimum absolute atomic E-state index is 0.199. The summed E-state index contributed by atoms with van der Waals surface area (Å²) in [5.41, 5.74) is 5.19. The lowest BCUT2D eigenvalue weighted by Gasteiger charge is -2.25. The molecular weight excluding hydrogens is 242 g/mol. The predicted molar refractivity (Wildman–Crippen MR) is 71.1 cm³/mol. The zero-order valence-corrected chi connectivity index (χ0v) is 11.6. The molecule has 106 valence electrons. The minimum atomic E-state index is -0.522. The summed E-state index contributed by atoms with van der Waals surface area (Å²) in [6, 6.07) is 0. The number of nitrogens with zero attached hydrogens (tertiary/aromatic N) is 1. The maximum absolute atomic E-state index is 12.5. The molecule has 0 bridgehead atoms. The molecule has 1 saturated carbocycles. The molecule has 5 nitrogen and oxygen atoms in total. The van der Waals surface area contributed by atoms with E-state index in [1.165, 1.54) is 0 Å². The molecule has 2 heterocycles. The average Bonchev–Trinajstić information content (AvgIpc) is 2.90. The Morgan fingerprint density at radius 1 is 1.26 bits per heavy atom. The van der Waals surface area contributed by atoms with Crippen molar-refractivity contribution in [1.29, 1.82) is 0 Å². The van der Waals surface area contributed by atoms with Crippen LogP contribution in [0.3, 0.4) is 0 Å². The Morgan fingerprint density at radius 3 is 2.53 bits per heavy atom. The van der Waals surface area contributed by atoms with Crippen molar-refractivity contribution in [3.8, 4) is 0 Å². The van der Waals surface area contributed by atoms with Gasteiger partial charge in [-0.2, -0.15) is 0 Å². The van der Waals surface area contributed by atoms with Crippen molar-refractivity contribution in [2.75, 3.05) is 26.2 Å². The highest BCUT2D eigenvalue weighted by Gasteiger charge is 2.59. The molecule has 5 heteroatoms. The van der Waals surface area contributed by atoms with Crippen LogP contribution in [0.1, 0.15) is 32.6 Å². The van der Waals surface area contributed by atoms with Gasteiger partial charge in [0.1, 0.15) is 0 Å². The zero-order valence-electron chi connectivity index (χ0n) is 11.6. The smallest absolute Gasteiger partial charge is 0.226 e. The molecule has 0 aromatic carbocycles. The van der Waals surface area contributed by atoms with E-state index in [0.29, 0.717) is 19.5 Å². The Labute approximate surface area is 113 Å². The van der Waals surface area contributed by atoms with Crippen molar-refractivity contribution >= 4 is 11.8 Å². The summed E-state index contributed by atoms with van der Waals surface area (Å²) in [5.74, 6) is 0.173. The van der Waals surface area contributed by atoms with E-state index >= 15 is 0 Å². The summed E-state index contributed by atoms with van der Waals surface area (Å²) in [7, 11) is 0. The number of amides is 2. The van der Waals surface area contributed by atoms with Crippen LogP contribution in [0.15, 0.2) is 0 Å². The van der Waals surface area contributed by atoms with E-state index < -0.39 is 5.41 Å². The lowest BCUT2D eigenvalue weighted by molar-refractivity contribution is -0.133. The molecule has 19 heavy (non-hydrogen) atoms. The Hall–Kier alpha value is -1.10. The van der Waals surface area contributed by atoms with E-state index in [-0.39, 0.29) is 23.1 Å². The van der Waals surface area contributed by atoms with Gasteiger partial charge in [-0.15, -0.1) is 0 Å². The monoisotopic (exact) mass is 265 g/mol. The third-order valence-corrected chi connectivity index (χ3v) is 5.47. The van der Waals surface area contributed by atoms with Gasteiger partial charge in [0, 0.05) is 19.0 Å². The summed E-state index contributed by atoms with van der Waals surface area (Å²) in [5, 5.41) is 3.35. The number of piperidine rings is 1. The van der Waals surface area contributed by atoms with Gasteiger partial charge >= 0.3 is 0 Å². The predicted octanol–water partition coefficient (Wildman–Crippen LogP) is 0.1000. The van der Waals surface area contributed by atoms with Crippen LogP contribution in [-0.4, -0.2) is 42.9 Å². The quantitative estimate of drug-likeness (QED) is 0.743. The van der Waals surface area contributed by atoms with Crippen LogP contribution in [0, 0.1) is 16.7 Å². The lowest BCUT2D eigenvalue weighted by atomic mass is 9.89. The second kappa shape index (κ2) is 4.20. The summed E-state index contributed by atoms with van der Waals surface area (Å²) in [6.45, 7) is 5.12. The lowest BCUT2D eigenvalue weighted by Crippen LogP contribution is -2.40. The highest BCUT2D eigenvalue weighted by molar-refractivity contribution is 5.86. The highest BCUT2D eigenvalue weighted by atomic mass is 16.2. The van der Waals surface area contributed by atoms with E-state index in [1.54, 1.807) is 0 Å². The van der Waals surface area contributed by atoms with Crippen LogP contribution in [-0.2, 0) is 9.59 Å². The first kappa shape index (κ1) is 12.9. The molecule has 2 saturated heterocycles. The molecule has 2 amide bonds. The van der Waals surface area contributed by atoms with Crippen LogP contribution in [0.4, 0.5) is 0 Å². The summed E-state index contributed by atoms with van der Waals surface area (Å²) < 4.78 is 0. The van der Waals surface area contributed by atoms with Crippen molar-refractivity contribution in [2.24, 2.45) is 22.5 Å². The molecule has 2 atom stereocenters. The molecule has 2 unspecified atom stereocenters. The van der Waals surface area contributed by atoms with Gasteiger partial charge in [0.15, 0.2) is 0 Å². The van der Waals surface area contributed by atoms with Crippen LogP contribution in [0.5, 0.6) is 0 Å². The van der Waals surface area contributed by atoms with E-state index in [1.807, 2.05) is 11.8 Å². The Morgan fingerprint density at radius 2 is 1.95 bits per heavy atom. The number of likely N-dealkylation sites (tertiary alicyclic amines) is 1. The van der Waals surface area contributed by atoms with Crippen LogP contribution in [0.25, 0.3) is 0 Å². The van der Waals surface area contributed by atoms with Crippen LogP contribution in [0.2, 0.25) is 0 Å². The minimum Gasteiger partial charge on any atom is -0.369 e. The molecule has 0 radical (unpaired) electrons. The van der Waals surface area contributed by atoms with Gasteiger partial charge in [-0.1, -0.05) is 0 Å². The maximum Gasteiger partial charge on any atom is 0.226 e. The highest BCUT2D eigenvalue weighted by Crippen LogP contribution is 2.59. The van der Waals surface area contributed by atoms with Crippen molar-refractivity contribution in [3.63, 3.8) is 0 Å². The van der Waals surface area contributed by atoms with Gasteiger partial charge in [-0.3, -0.25) is 9.59 Å². The zero-order chi connectivity index (χ0) is 13.7. The third kappa shape index (κ3) is 2.04. The largest absolute Gasteiger partial charge is 0.369 e. The van der Waals surface area contributed by atoms with Gasteiger partial charge in [0.25, 0.3) is 0 Å². The first-order valence-corrected chi connectivity index (χ1v) is 7.26.